The molecule has 0 saturated carbocycles. The number of benzene rings is 1. The quantitative estimate of drug-likeness (QED) is 0.800. The predicted molar refractivity (Wildman–Crippen MR) is 96.1 cm³/mol. The Morgan fingerprint density at radius 2 is 2.16 bits per heavy atom. The van der Waals surface area contributed by atoms with E-state index >= 15 is 0 Å². The Hall–Kier alpha value is -2.82. The van der Waals surface area contributed by atoms with Gasteiger partial charge in [-0.2, -0.15) is 0 Å². The number of amides is 1. The molecule has 1 unspecified atom stereocenters. The van der Waals surface area contributed by atoms with E-state index in [0.29, 0.717) is 12.2 Å². The first-order valence-corrected chi connectivity index (χ1v) is 8.53. The van der Waals surface area contributed by atoms with Gasteiger partial charge in [-0.05, 0) is 55.7 Å². The van der Waals surface area contributed by atoms with Gasteiger partial charge in [-0.1, -0.05) is 12.1 Å². The van der Waals surface area contributed by atoms with Crippen LogP contribution >= 0.6 is 0 Å². The van der Waals surface area contributed by atoms with Crippen LogP contribution in [0.1, 0.15) is 39.8 Å². The van der Waals surface area contributed by atoms with Gasteiger partial charge in [-0.15, -0.1) is 0 Å². The molecule has 0 fully saturated rings. The molecule has 128 valence electrons. The second-order valence-corrected chi connectivity index (χ2v) is 6.74. The Bertz CT molecular complexity index is 974. The van der Waals surface area contributed by atoms with Crippen molar-refractivity contribution in [3.8, 4) is 5.75 Å². The van der Waals surface area contributed by atoms with Crippen molar-refractivity contribution in [2.75, 3.05) is 0 Å². The van der Waals surface area contributed by atoms with Gasteiger partial charge < -0.3 is 10.1 Å². The highest BCUT2D eigenvalue weighted by Crippen LogP contribution is 2.29. The van der Waals surface area contributed by atoms with Crippen molar-refractivity contribution >= 4 is 11.6 Å². The molecule has 1 N–H and O–H groups in total. The number of imidazole rings is 1. The number of hydrogen-bond donors (Lipinski definition) is 1. The summed E-state index contributed by atoms with van der Waals surface area (Å²) in [6, 6.07) is 10.1. The molecule has 2 aromatic heterocycles. The lowest BCUT2D eigenvalue weighted by atomic mass is 10.1. The largest absolute Gasteiger partial charge is 0.490 e. The van der Waals surface area contributed by atoms with Crippen molar-refractivity contribution in [3.63, 3.8) is 0 Å². The number of nitrogens with zero attached hydrogens (tertiary/aromatic N) is 2. The number of aromatic nitrogens is 2. The van der Waals surface area contributed by atoms with Gasteiger partial charge in [0.1, 0.15) is 23.2 Å². The predicted octanol–water partition coefficient (Wildman–Crippen LogP) is 3.20. The smallest absolute Gasteiger partial charge is 0.270 e. The molecule has 3 heterocycles. The Kier molecular flexibility index (Phi) is 3.71. The Labute approximate surface area is 146 Å². The standard InChI is InChI=1S/C20H21N3O2/c1-12-6-7-23-18(8-12)22-14(3)19(23)20(24)21-11-15-4-5-17-16(10-15)9-13(2)25-17/h4-8,10,13H,9,11H2,1-3H3,(H,21,24). The fraction of sp³-hybridized carbons (Fsp3) is 0.300. The summed E-state index contributed by atoms with van der Waals surface area (Å²) in [5.41, 5.74) is 5.53. The Balaban J connectivity index is 1.53. The number of rotatable bonds is 3. The first-order valence-electron chi connectivity index (χ1n) is 8.53. The van der Waals surface area contributed by atoms with Crippen LogP contribution in [0.2, 0.25) is 0 Å². The number of fused-ring (bicyclic) bond motifs is 2. The third-order valence-corrected chi connectivity index (χ3v) is 4.58. The van der Waals surface area contributed by atoms with Gasteiger partial charge in [0.25, 0.3) is 5.91 Å². The van der Waals surface area contributed by atoms with Gasteiger partial charge in [0, 0.05) is 19.2 Å². The van der Waals surface area contributed by atoms with Crippen LogP contribution in [0.15, 0.2) is 36.5 Å². The lowest BCUT2D eigenvalue weighted by molar-refractivity contribution is 0.0944. The molecule has 0 spiro atoms. The summed E-state index contributed by atoms with van der Waals surface area (Å²) in [4.78, 5) is 17.2. The second-order valence-electron chi connectivity index (χ2n) is 6.74. The molecule has 4 rings (SSSR count). The first-order chi connectivity index (χ1) is 12.0. The van der Waals surface area contributed by atoms with Crippen LogP contribution in [0.4, 0.5) is 0 Å². The fourth-order valence-corrected chi connectivity index (χ4v) is 3.39. The van der Waals surface area contributed by atoms with E-state index in [9.17, 15) is 4.79 Å². The van der Waals surface area contributed by atoms with Crippen molar-refractivity contribution in [2.45, 2.75) is 39.8 Å². The van der Waals surface area contributed by atoms with Crippen LogP contribution in [-0.4, -0.2) is 21.4 Å². The van der Waals surface area contributed by atoms with E-state index in [1.165, 1.54) is 5.56 Å². The minimum Gasteiger partial charge on any atom is -0.490 e. The molecule has 5 nitrogen and oxygen atoms in total. The van der Waals surface area contributed by atoms with E-state index in [0.717, 1.165) is 34.6 Å². The van der Waals surface area contributed by atoms with Crippen LogP contribution in [-0.2, 0) is 13.0 Å². The Morgan fingerprint density at radius 3 is 3.00 bits per heavy atom. The molecular formula is C20H21N3O2. The maximum absolute atomic E-state index is 12.7. The van der Waals surface area contributed by atoms with Crippen molar-refractivity contribution < 1.29 is 9.53 Å². The monoisotopic (exact) mass is 335 g/mol. The summed E-state index contributed by atoms with van der Waals surface area (Å²) < 4.78 is 7.56. The first kappa shape index (κ1) is 15.7. The SMILES string of the molecule is Cc1ccn2c(C(=O)NCc3ccc4c(c3)CC(C)O4)c(C)nc2c1. The van der Waals surface area contributed by atoms with Crippen LogP contribution in [0.25, 0.3) is 5.65 Å². The highest BCUT2D eigenvalue weighted by atomic mass is 16.5. The summed E-state index contributed by atoms with van der Waals surface area (Å²) in [5, 5.41) is 3.01. The van der Waals surface area contributed by atoms with Crippen molar-refractivity contribution in [2.24, 2.45) is 0 Å². The second kappa shape index (κ2) is 5.92. The molecule has 1 amide bonds. The summed E-state index contributed by atoms with van der Waals surface area (Å²) in [5.74, 6) is 0.842. The topological polar surface area (TPSA) is 55.6 Å². The van der Waals surface area contributed by atoms with Gasteiger partial charge in [0.2, 0.25) is 0 Å². The van der Waals surface area contributed by atoms with E-state index in [1.807, 2.05) is 48.7 Å². The molecule has 0 saturated heterocycles. The fourth-order valence-electron chi connectivity index (χ4n) is 3.39. The van der Waals surface area contributed by atoms with Crippen LogP contribution in [0.5, 0.6) is 5.75 Å². The molecule has 25 heavy (non-hydrogen) atoms. The molecule has 0 aliphatic carbocycles. The van der Waals surface area contributed by atoms with E-state index in [4.69, 9.17) is 4.74 Å². The normalized spacial score (nSPS) is 15.9. The number of aryl methyl sites for hydroxylation is 2. The average Bonchev–Trinajstić information content (AvgIpc) is 3.09. The average molecular weight is 335 g/mol. The maximum atomic E-state index is 12.7. The third-order valence-electron chi connectivity index (χ3n) is 4.58. The summed E-state index contributed by atoms with van der Waals surface area (Å²) >= 11 is 0. The zero-order valence-corrected chi connectivity index (χ0v) is 14.7. The van der Waals surface area contributed by atoms with Gasteiger partial charge in [-0.3, -0.25) is 9.20 Å². The summed E-state index contributed by atoms with van der Waals surface area (Å²) in [6.45, 7) is 6.43. The summed E-state index contributed by atoms with van der Waals surface area (Å²) in [6.07, 6.45) is 3.04. The van der Waals surface area contributed by atoms with Gasteiger partial charge in [-0.25, -0.2) is 4.98 Å². The number of ether oxygens (including phenoxy) is 1. The minimum absolute atomic E-state index is 0.112. The summed E-state index contributed by atoms with van der Waals surface area (Å²) in [7, 11) is 0. The number of nitrogens with one attached hydrogen (secondary N) is 1. The minimum atomic E-state index is -0.112. The third kappa shape index (κ3) is 2.86. The molecule has 1 aliphatic heterocycles. The number of carbonyl (C=O) groups is 1. The number of carbonyl (C=O) groups excluding carboxylic acids is 1. The number of hydrogen-bond acceptors (Lipinski definition) is 3. The van der Waals surface area contributed by atoms with E-state index in [-0.39, 0.29) is 12.0 Å². The van der Waals surface area contributed by atoms with Gasteiger partial charge in [0.05, 0.1) is 5.69 Å². The molecule has 0 bridgehead atoms. The maximum Gasteiger partial charge on any atom is 0.270 e. The Morgan fingerprint density at radius 1 is 1.32 bits per heavy atom. The van der Waals surface area contributed by atoms with Crippen molar-refractivity contribution in [1.29, 1.82) is 0 Å². The number of pyridine rings is 1. The van der Waals surface area contributed by atoms with Gasteiger partial charge in [0.15, 0.2) is 0 Å². The van der Waals surface area contributed by atoms with Crippen LogP contribution in [0, 0.1) is 13.8 Å². The van der Waals surface area contributed by atoms with Gasteiger partial charge >= 0.3 is 0 Å². The molecule has 1 aliphatic rings. The zero-order chi connectivity index (χ0) is 17.6. The molecule has 0 radical (unpaired) electrons. The molecular weight excluding hydrogens is 314 g/mol. The lowest BCUT2D eigenvalue weighted by Crippen LogP contribution is -2.25. The van der Waals surface area contributed by atoms with Crippen molar-refractivity contribution in [1.82, 2.24) is 14.7 Å². The molecule has 5 heteroatoms. The highest BCUT2D eigenvalue weighted by Gasteiger charge is 2.20. The van der Waals surface area contributed by atoms with E-state index in [1.54, 1.807) is 0 Å². The highest BCUT2D eigenvalue weighted by molar-refractivity contribution is 5.94. The van der Waals surface area contributed by atoms with Crippen LogP contribution in [0.3, 0.4) is 0 Å². The molecule has 1 aromatic carbocycles. The van der Waals surface area contributed by atoms with E-state index in [2.05, 4.69) is 23.3 Å². The van der Waals surface area contributed by atoms with Crippen LogP contribution < -0.4 is 10.1 Å². The van der Waals surface area contributed by atoms with Crippen molar-refractivity contribution in [3.05, 3.63) is 64.6 Å². The molecule has 1 atom stereocenters. The zero-order valence-electron chi connectivity index (χ0n) is 14.7. The van der Waals surface area contributed by atoms with E-state index < -0.39 is 0 Å². The molecule has 3 aromatic rings. The lowest BCUT2D eigenvalue weighted by Gasteiger charge is -2.08.